The van der Waals surface area contributed by atoms with E-state index in [1.807, 2.05) is 0 Å². The maximum Gasteiger partial charge on any atom is 2.00 e. The minimum absolute atomic E-state index is 0. The molecule has 0 amide bonds. The van der Waals surface area contributed by atoms with Gasteiger partial charge in [0.1, 0.15) is 0 Å². The van der Waals surface area contributed by atoms with Crippen LogP contribution < -0.4 is 0 Å². The van der Waals surface area contributed by atoms with Crippen molar-refractivity contribution >= 4 is 45.0 Å². The van der Waals surface area contributed by atoms with E-state index in [0.29, 0.717) is 0 Å². The molecule has 0 spiro atoms. The van der Waals surface area contributed by atoms with Gasteiger partial charge in [0.2, 0.25) is 0 Å². The Morgan fingerprint density at radius 2 is 1.13 bits per heavy atom. The molecule has 15 heavy (non-hydrogen) atoms. The van der Waals surface area contributed by atoms with Crippen molar-refractivity contribution < 1.29 is 25.2 Å². The van der Waals surface area contributed by atoms with Gasteiger partial charge in [-0.3, -0.25) is 0 Å². The Balaban J connectivity index is -0.000000180. The van der Waals surface area contributed by atoms with Crippen molar-refractivity contribution in [3.05, 3.63) is 25.3 Å². The summed E-state index contributed by atoms with van der Waals surface area (Å²) in [5.41, 5.74) is 0. The molecular weight excluding hydrogens is 256 g/mol. The number of rotatable bonds is 6. The quantitative estimate of drug-likeness (QED) is 0.394. The predicted molar refractivity (Wildman–Crippen MR) is 55.5 cm³/mol. The van der Waals surface area contributed by atoms with E-state index >= 15 is 0 Å². The first-order chi connectivity index (χ1) is 6.54. The molecule has 6 nitrogen and oxygen atoms in total. The average Bonchev–Trinajstić information content (AvgIpc) is 2.12. The van der Waals surface area contributed by atoms with E-state index in [4.69, 9.17) is 0 Å². The molecule has 0 unspecified atom stereocenters. The summed E-state index contributed by atoms with van der Waals surface area (Å²) in [5, 5.41) is 0. The Bertz CT molecular complexity index is 250. The molecule has 0 rings (SSSR count). The second kappa shape index (κ2) is 16.5. The molecule has 0 saturated heterocycles. The van der Waals surface area contributed by atoms with Gasteiger partial charge in [-0.15, -0.1) is 13.2 Å². The molecule has 84 valence electrons. The summed E-state index contributed by atoms with van der Waals surface area (Å²) < 4.78 is 45.9. The summed E-state index contributed by atoms with van der Waals surface area (Å²) in [6.45, 7) is 6.57. The molecule has 0 heterocycles. The fourth-order valence-corrected chi connectivity index (χ4v) is 0.622. The Morgan fingerprint density at radius 3 is 1.20 bits per heavy atom. The van der Waals surface area contributed by atoms with Crippen LogP contribution in [0.1, 0.15) is 0 Å². The molecule has 0 saturated carbocycles. The van der Waals surface area contributed by atoms with Gasteiger partial charge in [0.25, 0.3) is 0 Å². The topological polar surface area (TPSA) is 86.7 Å². The van der Waals surface area contributed by atoms with Crippen LogP contribution in [0, 0.1) is 0 Å². The van der Waals surface area contributed by atoms with Crippen molar-refractivity contribution in [2.24, 2.45) is 0 Å². The molecule has 0 bridgehead atoms. The van der Waals surface area contributed by atoms with Crippen molar-refractivity contribution in [1.29, 1.82) is 0 Å². The van der Waals surface area contributed by atoms with Crippen LogP contribution in [0.2, 0.25) is 0 Å². The molecular formula is C6H10MgO6S2. The standard InChI is InChI=1S/2C3H5O3S.Mg/c2*1-2-3-6-7(4)5;/h2*2H,1,3H2;/q2*-1;+2. The first-order valence-electron chi connectivity index (χ1n) is 3.21. The SMILES string of the molecule is C=CCO[S-](=O)=O.C=CCO[S-](=O)=O.[Mg+2]. The number of hydrogen-bond donors (Lipinski definition) is 0. The largest absolute Gasteiger partial charge is 2.00 e. The van der Waals surface area contributed by atoms with Crippen LogP contribution in [0.3, 0.4) is 0 Å². The van der Waals surface area contributed by atoms with Gasteiger partial charge in [0.05, 0.1) is 22.0 Å². The second-order valence-corrected chi connectivity index (χ2v) is 2.84. The molecule has 0 aliphatic heterocycles. The zero-order chi connectivity index (χ0) is 11.4. The van der Waals surface area contributed by atoms with Gasteiger partial charge in [-0.05, 0) is 0 Å². The Labute approximate surface area is 108 Å². The molecule has 0 aliphatic rings. The summed E-state index contributed by atoms with van der Waals surface area (Å²) in [7, 11) is -4.77. The Hall–Kier alpha value is 0.0662. The minimum atomic E-state index is -2.39. The minimum Gasteiger partial charge on any atom is -0.421 e. The van der Waals surface area contributed by atoms with Gasteiger partial charge in [0, 0.05) is 13.2 Å². The predicted octanol–water partition coefficient (Wildman–Crippen LogP) is 0.446. The van der Waals surface area contributed by atoms with Crippen LogP contribution in [-0.2, 0) is 47.2 Å². The van der Waals surface area contributed by atoms with Crippen LogP contribution >= 0.6 is 0 Å². The van der Waals surface area contributed by atoms with E-state index in [-0.39, 0.29) is 36.3 Å². The molecule has 0 radical (unpaired) electrons. The third kappa shape index (κ3) is 31.5. The van der Waals surface area contributed by atoms with Crippen LogP contribution in [0.25, 0.3) is 0 Å². The second-order valence-electron chi connectivity index (χ2n) is 1.55. The maximum atomic E-state index is 9.49. The zero-order valence-electron chi connectivity index (χ0n) is 7.96. The van der Waals surface area contributed by atoms with Crippen LogP contribution in [0.4, 0.5) is 0 Å². The Morgan fingerprint density at radius 1 is 0.867 bits per heavy atom. The van der Waals surface area contributed by atoms with Gasteiger partial charge < -0.3 is 25.2 Å². The van der Waals surface area contributed by atoms with Crippen molar-refractivity contribution in [3.63, 3.8) is 0 Å². The van der Waals surface area contributed by atoms with Crippen molar-refractivity contribution in [2.75, 3.05) is 13.2 Å². The van der Waals surface area contributed by atoms with Gasteiger partial charge >= 0.3 is 23.1 Å². The summed E-state index contributed by atoms with van der Waals surface area (Å²) in [4.78, 5) is 0. The summed E-state index contributed by atoms with van der Waals surface area (Å²) >= 11 is 0. The third-order valence-corrected chi connectivity index (χ3v) is 1.22. The van der Waals surface area contributed by atoms with Crippen LogP contribution in [0.5, 0.6) is 0 Å². The number of hydrogen-bond acceptors (Lipinski definition) is 8. The van der Waals surface area contributed by atoms with E-state index in [1.54, 1.807) is 0 Å². The molecule has 0 aromatic heterocycles. The van der Waals surface area contributed by atoms with Crippen LogP contribution in [0.15, 0.2) is 25.3 Å². The van der Waals surface area contributed by atoms with Gasteiger partial charge in [-0.1, -0.05) is 12.2 Å². The Kier molecular flexibility index (Phi) is 22.5. The molecule has 0 N–H and O–H groups in total. The monoisotopic (exact) mass is 266 g/mol. The zero-order valence-corrected chi connectivity index (χ0v) is 11.0. The molecule has 0 fully saturated rings. The first kappa shape index (κ1) is 20.5. The normalized spacial score (nSPS) is 8.67. The third-order valence-electron chi connectivity index (χ3n) is 0.564. The fourth-order valence-electron chi connectivity index (χ4n) is 0.207. The van der Waals surface area contributed by atoms with E-state index in [1.165, 1.54) is 12.2 Å². The smallest absolute Gasteiger partial charge is 0.421 e. The average molecular weight is 267 g/mol. The van der Waals surface area contributed by atoms with Gasteiger partial charge in [-0.2, -0.15) is 0 Å². The summed E-state index contributed by atoms with van der Waals surface area (Å²) in [5.74, 6) is 0. The molecule has 0 aliphatic carbocycles. The van der Waals surface area contributed by atoms with Gasteiger partial charge in [-0.25, -0.2) is 0 Å². The molecule has 0 aromatic rings. The first-order valence-corrected chi connectivity index (χ1v) is 5.21. The van der Waals surface area contributed by atoms with Crippen LogP contribution in [-0.4, -0.2) is 36.3 Å². The molecule has 9 heteroatoms. The van der Waals surface area contributed by atoms with E-state index in [2.05, 4.69) is 21.5 Å². The van der Waals surface area contributed by atoms with Crippen molar-refractivity contribution in [3.8, 4) is 0 Å². The van der Waals surface area contributed by atoms with E-state index in [9.17, 15) is 16.8 Å². The molecule has 0 atom stereocenters. The van der Waals surface area contributed by atoms with E-state index < -0.39 is 22.0 Å². The van der Waals surface area contributed by atoms with E-state index in [0.717, 1.165) is 0 Å². The summed E-state index contributed by atoms with van der Waals surface area (Å²) in [6.07, 6.45) is 2.71. The molecule has 0 aromatic carbocycles. The van der Waals surface area contributed by atoms with Crippen molar-refractivity contribution in [1.82, 2.24) is 0 Å². The fraction of sp³-hybridized carbons (Fsp3) is 0.333. The summed E-state index contributed by atoms with van der Waals surface area (Å²) in [6, 6.07) is 0. The van der Waals surface area contributed by atoms with Gasteiger partial charge in [0.15, 0.2) is 0 Å². The maximum absolute atomic E-state index is 9.49. The van der Waals surface area contributed by atoms with Crippen molar-refractivity contribution in [2.45, 2.75) is 0 Å².